The normalized spacial score (nSPS) is 10.3. The molecule has 0 fully saturated rings. The first kappa shape index (κ1) is 21.0. The summed E-state index contributed by atoms with van der Waals surface area (Å²) in [5.74, 6) is 1.07. The maximum atomic E-state index is 12.1. The molecule has 1 amide bonds. The lowest BCUT2D eigenvalue weighted by molar-refractivity contribution is -0.385. The number of aryl methyl sites for hydroxylation is 2. The molecule has 2 rings (SSSR count). The molecule has 150 valence electrons. The van der Waals surface area contributed by atoms with Crippen LogP contribution in [0.25, 0.3) is 0 Å². The zero-order valence-corrected chi connectivity index (χ0v) is 16.4. The number of amides is 1. The van der Waals surface area contributed by atoms with Crippen LogP contribution in [0.3, 0.4) is 0 Å². The molecule has 0 heterocycles. The molecular weight excluding hydrogens is 364 g/mol. The highest BCUT2D eigenvalue weighted by atomic mass is 16.6. The predicted molar refractivity (Wildman–Crippen MR) is 104 cm³/mol. The van der Waals surface area contributed by atoms with Crippen LogP contribution in [0.1, 0.15) is 16.7 Å². The Balaban J connectivity index is 1.97. The lowest BCUT2D eigenvalue weighted by atomic mass is 10.1. The molecule has 0 aliphatic carbocycles. The van der Waals surface area contributed by atoms with Crippen molar-refractivity contribution in [3.05, 3.63) is 57.1 Å². The quantitative estimate of drug-likeness (QED) is 0.524. The maximum Gasteiger partial charge on any atom is 0.276 e. The predicted octanol–water partition coefficient (Wildman–Crippen LogP) is 2.97. The van der Waals surface area contributed by atoms with E-state index in [9.17, 15) is 14.9 Å². The van der Waals surface area contributed by atoms with Gasteiger partial charge in [0.2, 0.25) is 0 Å². The third kappa shape index (κ3) is 5.12. The van der Waals surface area contributed by atoms with Gasteiger partial charge in [0.05, 0.1) is 25.2 Å². The Morgan fingerprint density at radius 2 is 1.71 bits per heavy atom. The number of methoxy groups -OCH3 is 2. The van der Waals surface area contributed by atoms with Crippen LogP contribution in [0, 0.1) is 24.0 Å². The van der Waals surface area contributed by atoms with Crippen LogP contribution >= 0.6 is 0 Å². The van der Waals surface area contributed by atoms with Gasteiger partial charge in [0.1, 0.15) is 5.75 Å². The smallest absolute Gasteiger partial charge is 0.276 e. The molecule has 1 N–H and O–H groups in total. The summed E-state index contributed by atoms with van der Waals surface area (Å²) < 4.78 is 15.9. The number of carbonyl (C=O) groups is 1. The lowest BCUT2D eigenvalue weighted by Gasteiger charge is -2.13. The summed E-state index contributed by atoms with van der Waals surface area (Å²) in [7, 11) is 2.87. The van der Waals surface area contributed by atoms with Gasteiger partial charge in [0.15, 0.2) is 18.1 Å². The molecular formula is C20H24N2O6. The molecule has 2 aromatic carbocycles. The Hall–Kier alpha value is -3.29. The second-order valence-electron chi connectivity index (χ2n) is 6.20. The standard InChI is InChI=1S/C20H24N2O6/c1-13-6-5-7-14(2)20(13)28-12-19(23)21-9-8-15-10-17(26-3)18(27-4)11-16(15)22(24)25/h5-7,10-11H,8-9,12H2,1-4H3,(H,21,23). The fourth-order valence-corrected chi connectivity index (χ4v) is 2.83. The van der Waals surface area contributed by atoms with E-state index in [1.807, 2.05) is 32.0 Å². The van der Waals surface area contributed by atoms with Crippen molar-refractivity contribution in [1.29, 1.82) is 0 Å². The first-order valence-electron chi connectivity index (χ1n) is 8.72. The van der Waals surface area contributed by atoms with Gasteiger partial charge in [-0.25, -0.2) is 0 Å². The number of carbonyl (C=O) groups excluding carboxylic acids is 1. The van der Waals surface area contributed by atoms with Crippen LogP contribution in [-0.2, 0) is 11.2 Å². The Morgan fingerprint density at radius 1 is 1.11 bits per heavy atom. The molecule has 0 unspecified atom stereocenters. The summed E-state index contributed by atoms with van der Waals surface area (Å²) in [5, 5.41) is 14.0. The molecule has 0 bridgehead atoms. The first-order valence-corrected chi connectivity index (χ1v) is 8.72. The van der Waals surface area contributed by atoms with Gasteiger partial charge in [-0.2, -0.15) is 0 Å². The van der Waals surface area contributed by atoms with Crippen molar-refractivity contribution in [2.24, 2.45) is 0 Å². The fourth-order valence-electron chi connectivity index (χ4n) is 2.83. The number of nitrogens with one attached hydrogen (secondary N) is 1. The highest BCUT2D eigenvalue weighted by Crippen LogP contribution is 2.34. The minimum absolute atomic E-state index is 0.0846. The average Bonchev–Trinajstić information content (AvgIpc) is 2.66. The van der Waals surface area contributed by atoms with Gasteiger partial charge >= 0.3 is 0 Å². The van der Waals surface area contributed by atoms with Crippen LogP contribution < -0.4 is 19.5 Å². The monoisotopic (exact) mass is 388 g/mol. The number of nitro benzene ring substituents is 1. The number of nitrogens with zero attached hydrogens (tertiary/aromatic N) is 1. The van der Waals surface area contributed by atoms with Crippen molar-refractivity contribution in [2.75, 3.05) is 27.4 Å². The zero-order valence-electron chi connectivity index (χ0n) is 16.4. The molecule has 0 spiro atoms. The van der Waals surface area contributed by atoms with Crippen molar-refractivity contribution in [1.82, 2.24) is 5.32 Å². The Labute approximate surface area is 163 Å². The average molecular weight is 388 g/mol. The number of para-hydroxylation sites is 1. The highest BCUT2D eigenvalue weighted by Gasteiger charge is 2.19. The van der Waals surface area contributed by atoms with E-state index in [0.717, 1.165) is 11.1 Å². The number of hydrogen-bond acceptors (Lipinski definition) is 6. The van der Waals surface area contributed by atoms with Gasteiger partial charge < -0.3 is 19.5 Å². The van der Waals surface area contributed by atoms with Crippen LogP contribution in [0.5, 0.6) is 17.2 Å². The van der Waals surface area contributed by atoms with Crippen LogP contribution in [0.2, 0.25) is 0 Å². The van der Waals surface area contributed by atoms with E-state index in [-0.39, 0.29) is 36.9 Å². The van der Waals surface area contributed by atoms with E-state index < -0.39 is 4.92 Å². The molecule has 28 heavy (non-hydrogen) atoms. The molecule has 0 atom stereocenters. The van der Waals surface area contributed by atoms with Crippen molar-refractivity contribution < 1.29 is 23.9 Å². The van der Waals surface area contributed by atoms with E-state index >= 15 is 0 Å². The van der Waals surface area contributed by atoms with Crippen LogP contribution in [0.15, 0.2) is 30.3 Å². The fraction of sp³-hybridized carbons (Fsp3) is 0.350. The lowest BCUT2D eigenvalue weighted by Crippen LogP contribution is -2.30. The summed E-state index contributed by atoms with van der Waals surface area (Å²) in [5.41, 5.74) is 2.26. The Morgan fingerprint density at radius 3 is 2.29 bits per heavy atom. The highest BCUT2D eigenvalue weighted by molar-refractivity contribution is 5.77. The second-order valence-corrected chi connectivity index (χ2v) is 6.20. The Bertz CT molecular complexity index is 846. The third-order valence-electron chi connectivity index (χ3n) is 4.25. The van der Waals surface area contributed by atoms with Crippen LogP contribution in [-0.4, -0.2) is 38.2 Å². The largest absolute Gasteiger partial charge is 0.493 e. The van der Waals surface area contributed by atoms with Crippen molar-refractivity contribution >= 4 is 11.6 Å². The number of hydrogen-bond donors (Lipinski definition) is 1. The molecule has 2 aromatic rings. The van der Waals surface area contributed by atoms with Crippen molar-refractivity contribution in [3.8, 4) is 17.2 Å². The van der Waals surface area contributed by atoms with Gasteiger partial charge in [-0.3, -0.25) is 14.9 Å². The molecule has 0 radical (unpaired) electrons. The van der Waals surface area contributed by atoms with E-state index in [2.05, 4.69) is 5.32 Å². The topological polar surface area (TPSA) is 99.9 Å². The van der Waals surface area contributed by atoms with Crippen molar-refractivity contribution in [2.45, 2.75) is 20.3 Å². The van der Waals surface area contributed by atoms with Crippen molar-refractivity contribution in [3.63, 3.8) is 0 Å². The van der Waals surface area contributed by atoms with E-state index in [1.54, 1.807) is 6.07 Å². The summed E-state index contributed by atoms with van der Waals surface area (Å²) in [4.78, 5) is 22.9. The third-order valence-corrected chi connectivity index (χ3v) is 4.25. The van der Waals surface area contributed by atoms with E-state index in [1.165, 1.54) is 20.3 Å². The SMILES string of the molecule is COc1cc(CCNC(=O)COc2c(C)cccc2C)c([N+](=O)[O-])cc1OC. The summed E-state index contributed by atoms with van der Waals surface area (Å²) in [6.07, 6.45) is 0.270. The minimum Gasteiger partial charge on any atom is -0.493 e. The van der Waals surface area contributed by atoms with Gasteiger partial charge in [-0.05, 0) is 37.5 Å². The number of benzene rings is 2. The number of rotatable bonds is 9. The van der Waals surface area contributed by atoms with Gasteiger partial charge in [0, 0.05) is 12.1 Å². The minimum atomic E-state index is -0.483. The molecule has 0 saturated carbocycles. The molecule has 8 heteroatoms. The summed E-state index contributed by atoms with van der Waals surface area (Å²) in [6, 6.07) is 8.62. The first-order chi connectivity index (χ1) is 13.4. The summed E-state index contributed by atoms with van der Waals surface area (Å²) in [6.45, 7) is 3.93. The molecule has 0 aliphatic rings. The zero-order chi connectivity index (χ0) is 20.7. The maximum absolute atomic E-state index is 12.1. The molecule has 0 aromatic heterocycles. The number of ether oxygens (including phenoxy) is 3. The summed E-state index contributed by atoms with van der Waals surface area (Å²) >= 11 is 0. The molecule has 8 nitrogen and oxygen atoms in total. The van der Waals surface area contributed by atoms with Gasteiger partial charge in [-0.1, -0.05) is 18.2 Å². The van der Waals surface area contributed by atoms with Crippen LogP contribution in [0.4, 0.5) is 5.69 Å². The Kier molecular flexibility index (Phi) is 7.20. The molecule has 0 aliphatic heterocycles. The second kappa shape index (κ2) is 9.59. The van der Waals surface area contributed by atoms with E-state index in [4.69, 9.17) is 14.2 Å². The number of nitro groups is 1. The van der Waals surface area contributed by atoms with E-state index in [0.29, 0.717) is 17.1 Å². The van der Waals surface area contributed by atoms with Gasteiger partial charge in [-0.15, -0.1) is 0 Å². The molecule has 0 saturated heterocycles. The van der Waals surface area contributed by atoms with Gasteiger partial charge in [0.25, 0.3) is 11.6 Å².